The number of anilines is 3. The van der Waals surface area contributed by atoms with Gasteiger partial charge in [0.2, 0.25) is 0 Å². The van der Waals surface area contributed by atoms with Crippen molar-refractivity contribution >= 4 is 28.8 Å². The summed E-state index contributed by atoms with van der Waals surface area (Å²) in [5.74, 6) is 1.22. The topological polar surface area (TPSA) is 153 Å². The third-order valence-corrected chi connectivity index (χ3v) is 4.93. The molecule has 0 bridgehead atoms. The van der Waals surface area contributed by atoms with Gasteiger partial charge in [-0.25, -0.2) is 15.0 Å². The van der Waals surface area contributed by atoms with Gasteiger partial charge >= 0.3 is 0 Å². The van der Waals surface area contributed by atoms with Gasteiger partial charge in [-0.2, -0.15) is 20.3 Å². The van der Waals surface area contributed by atoms with E-state index in [-0.39, 0.29) is 17.3 Å². The van der Waals surface area contributed by atoms with Crippen LogP contribution in [0.5, 0.6) is 0 Å². The van der Waals surface area contributed by atoms with Crippen LogP contribution in [0.3, 0.4) is 0 Å². The highest BCUT2D eigenvalue weighted by Crippen LogP contribution is 2.36. The third kappa shape index (κ3) is 4.26. The molecular weight excluding hydrogens is 430 g/mol. The van der Waals surface area contributed by atoms with E-state index in [1.165, 1.54) is 10.9 Å². The van der Waals surface area contributed by atoms with Crippen LogP contribution in [-0.4, -0.2) is 31.8 Å². The second-order valence-corrected chi connectivity index (χ2v) is 7.16. The number of azo groups is 1. The molecule has 0 fully saturated rings. The molecule has 3 aromatic heterocycles. The molecule has 4 aromatic rings. The fraction of sp³-hybridized carbons (Fsp3) is 0.130. The lowest BCUT2D eigenvalue weighted by molar-refractivity contribution is 0.803. The zero-order valence-electron chi connectivity index (χ0n) is 18.6. The highest BCUT2D eigenvalue weighted by Gasteiger charge is 2.19. The normalized spacial score (nSPS) is 10.6. The lowest BCUT2D eigenvalue weighted by Crippen LogP contribution is -2.04. The molecule has 0 atom stereocenters. The summed E-state index contributed by atoms with van der Waals surface area (Å²) in [6.07, 6.45) is 4.48. The van der Waals surface area contributed by atoms with E-state index in [4.69, 9.17) is 0 Å². The molecule has 166 valence electrons. The summed E-state index contributed by atoms with van der Waals surface area (Å²) < 4.78 is 1.32. The van der Waals surface area contributed by atoms with Crippen LogP contribution in [0.1, 0.15) is 22.3 Å². The Morgan fingerprint density at radius 3 is 2.35 bits per heavy atom. The van der Waals surface area contributed by atoms with Gasteiger partial charge in [0, 0.05) is 30.7 Å². The highest BCUT2D eigenvalue weighted by molar-refractivity contribution is 5.76. The van der Waals surface area contributed by atoms with E-state index in [1.807, 2.05) is 37.3 Å². The van der Waals surface area contributed by atoms with Crippen molar-refractivity contribution in [1.29, 1.82) is 10.5 Å². The van der Waals surface area contributed by atoms with Crippen molar-refractivity contribution in [2.75, 3.05) is 17.7 Å². The smallest absolute Gasteiger partial charge is 0.252 e. The van der Waals surface area contributed by atoms with Crippen molar-refractivity contribution < 1.29 is 0 Å². The Hall–Kier alpha value is -5.16. The van der Waals surface area contributed by atoms with Gasteiger partial charge in [-0.05, 0) is 32.0 Å². The third-order valence-electron chi connectivity index (χ3n) is 4.93. The van der Waals surface area contributed by atoms with Crippen LogP contribution in [0, 0.1) is 36.5 Å². The van der Waals surface area contributed by atoms with E-state index >= 15 is 0 Å². The molecule has 0 radical (unpaired) electrons. The van der Waals surface area contributed by atoms with Gasteiger partial charge in [0.1, 0.15) is 23.4 Å². The van der Waals surface area contributed by atoms with Gasteiger partial charge in [-0.15, -0.1) is 10.2 Å². The number of nitriles is 2. The molecule has 0 spiro atoms. The molecule has 11 nitrogen and oxygen atoms in total. The summed E-state index contributed by atoms with van der Waals surface area (Å²) in [6, 6.07) is 13.7. The molecular formula is C23H19N11. The summed E-state index contributed by atoms with van der Waals surface area (Å²) in [5.41, 5.74) is 3.38. The molecule has 34 heavy (non-hydrogen) atoms. The largest absolute Gasteiger partial charge is 0.371 e. The Morgan fingerprint density at radius 2 is 1.71 bits per heavy atom. The summed E-state index contributed by atoms with van der Waals surface area (Å²) in [4.78, 5) is 12.9. The van der Waals surface area contributed by atoms with Crippen LogP contribution in [0.15, 0.2) is 59.2 Å². The van der Waals surface area contributed by atoms with Gasteiger partial charge in [0.25, 0.3) is 5.95 Å². The number of aryl methyl sites for hydroxylation is 1. The molecule has 0 amide bonds. The number of nitrogens with one attached hydrogen (secondary N) is 2. The lowest BCUT2D eigenvalue weighted by Gasteiger charge is -2.14. The summed E-state index contributed by atoms with van der Waals surface area (Å²) >= 11 is 0. The van der Waals surface area contributed by atoms with E-state index in [9.17, 15) is 10.5 Å². The molecule has 1 aromatic carbocycles. The van der Waals surface area contributed by atoms with E-state index < -0.39 is 0 Å². The maximum absolute atomic E-state index is 9.84. The molecule has 2 N–H and O–H groups in total. The van der Waals surface area contributed by atoms with Crippen LogP contribution < -0.4 is 10.6 Å². The first-order chi connectivity index (χ1) is 16.5. The molecule has 0 unspecified atom stereocenters. The first-order valence-electron chi connectivity index (χ1n) is 10.2. The first kappa shape index (κ1) is 22.0. The summed E-state index contributed by atoms with van der Waals surface area (Å²) in [5, 5.41) is 38.3. The van der Waals surface area contributed by atoms with Gasteiger partial charge in [0.05, 0.1) is 11.8 Å². The SMILES string of the molecule is CNc1nc(Nc2ccc(C)cc2)c(C#N)c(C)c1/N=N/c1c(C#N)cnn1-c1ncccn1. The minimum absolute atomic E-state index is 0.163. The fourth-order valence-corrected chi connectivity index (χ4v) is 3.15. The van der Waals surface area contributed by atoms with Gasteiger partial charge in [-0.1, -0.05) is 17.7 Å². The van der Waals surface area contributed by atoms with Crippen molar-refractivity contribution in [3.8, 4) is 18.1 Å². The predicted molar refractivity (Wildman–Crippen MR) is 126 cm³/mol. The van der Waals surface area contributed by atoms with Crippen LogP contribution in [0.2, 0.25) is 0 Å². The number of hydrogen-bond acceptors (Lipinski definition) is 10. The number of rotatable bonds is 6. The Labute approximate surface area is 195 Å². The van der Waals surface area contributed by atoms with E-state index in [1.54, 1.807) is 32.4 Å². The van der Waals surface area contributed by atoms with Crippen molar-refractivity contribution in [3.63, 3.8) is 0 Å². The number of hydrogen-bond donors (Lipinski definition) is 2. The van der Waals surface area contributed by atoms with Crippen LogP contribution in [0.4, 0.5) is 28.8 Å². The van der Waals surface area contributed by atoms with Gasteiger partial charge in [-0.3, -0.25) is 0 Å². The Bertz CT molecular complexity index is 1440. The summed E-state index contributed by atoms with van der Waals surface area (Å²) in [6.45, 7) is 3.76. The minimum atomic E-state index is 0.163. The van der Waals surface area contributed by atoms with E-state index in [0.29, 0.717) is 28.5 Å². The second kappa shape index (κ2) is 9.54. The average Bonchev–Trinajstić information content (AvgIpc) is 3.28. The highest BCUT2D eigenvalue weighted by atomic mass is 15.4. The van der Waals surface area contributed by atoms with Crippen molar-refractivity contribution in [3.05, 3.63) is 71.2 Å². The van der Waals surface area contributed by atoms with Crippen LogP contribution in [0.25, 0.3) is 5.95 Å². The van der Waals surface area contributed by atoms with Crippen molar-refractivity contribution in [2.45, 2.75) is 13.8 Å². The minimum Gasteiger partial charge on any atom is -0.371 e. The molecule has 0 saturated carbocycles. The number of pyridine rings is 1. The Balaban J connectivity index is 1.78. The predicted octanol–water partition coefficient (Wildman–Crippen LogP) is 4.62. The van der Waals surface area contributed by atoms with Gasteiger partial charge < -0.3 is 10.6 Å². The average molecular weight is 449 g/mol. The molecule has 0 aliphatic heterocycles. The maximum Gasteiger partial charge on any atom is 0.252 e. The van der Waals surface area contributed by atoms with Crippen LogP contribution >= 0.6 is 0 Å². The molecule has 0 aliphatic carbocycles. The molecule has 4 rings (SSSR count). The Morgan fingerprint density at radius 1 is 0.971 bits per heavy atom. The first-order valence-corrected chi connectivity index (χ1v) is 10.2. The zero-order valence-corrected chi connectivity index (χ0v) is 18.6. The second-order valence-electron chi connectivity index (χ2n) is 7.16. The number of benzene rings is 1. The van der Waals surface area contributed by atoms with Gasteiger partial charge in [0.15, 0.2) is 17.5 Å². The Kier molecular flexibility index (Phi) is 6.19. The quantitative estimate of drug-likeness (QED) is 0.404. The van der Waals surface area contributed by atoms with E-state index in [0.717, 1.165) is 11.3 Å². The van der Waals surface area contributed by atoms with Crippen molar-refractivity contribution in [2.24, 2.45) is 10.2 Å². The maximum atomic E-state index is 9.84. The molecule has 0 aliphatic rings. The monoisotopic (exact) mass is 449 g/mol. The summed E-state index contributed by atoms with van der Waals surface area (Å²) in [7, 11) is 1.70. The van der Waals surface area contributed by atoms with E-state index in [2.05, 4.69) is 47.0 Å². The number of aromatic nitrogens is 5. The fourth-order valence-electron chi connectivity index (χ4n) is 3.15. The molecule has 11 heteroatoms. The molecule has 3 heterocycles. The molecule has 0 saturated heterocycles. The van der Waals surface area contributed by atoms with Crippen LogP contribution in [-0.2, 0) is 0 Å². The standard InChI is InChI=1S/C23H19N11/c1-14-5-7-17(8-6-14)30-20-18(12-25)15(2)19(21(26-3)31-20)32-33-22-16(11-24)13-29-34(22)23-27-9-4-10-28-23/h4-10,13H,1-3H3,(H2,26,30,31)/b33-32+. The lowest BCUT2D eigenvalue weighted by atomic mass is 10.1. The zero-order chi connectivity index (χ0) is 24.1. The number of nitrogens with zero attached hydrogens (tertiary/aromatic N) is 9. The van der Waals surface area contributed by atoms with Crippen molar-refractivity contribution in [1.82, 2.24) is 24.7 Å².